The van der Waals surface area contributed by atoms with Gasteiger partial charge in [0.25, 0.3) is 5.91 Å². The van der Waals surface area contributed by atoms with Gasteiger partial charge in [0, 0.05) is 30.7 Å². The number of thiophene rings is 1. The normalized spacial score (nSPS) is 12.4. The van der Waals surface area contributed by atoms with Crippen molar-refractivity contribution in [1.82, 2.24) is 10.6 Å². The quantitative estimate of drug-likeness (QED) is 0.385. The Labute approximate surface area is 175 Å². The molecule has 0 aliphatic carbocycles. The Morgan fingerprint density at radius 3 is 2.62 bits per heavy atom. The third-order valence-electron chi connectivity index (χ3n) is 4.39. The van der Waals surface area contributed by atoms with Gasteiger partial charge in [-0.2, -0.15) is 0 Å². The number of nitrogens with one attached hydrogen (secondary N) is 3. The largest absolute Gasteiger partial charge is 0.459 e. The summed E-state index contributed by atoms with van der Waals surface area (Å²) < 4.78 is 5.10. The molecule has 3 N–H and O–H groups in total. The number of nitrogens with zero attached hydrogens (tertiary/aromatic N) is 1. The lowest BCUT2D eigenvalue weighted by Crippen LogP contribution is -2.39. The summed E-state index contributed by atoms with van der Waals surface area (Å²) in [6.45, 7) is 3.73. The van der Waals surface area contributed by atoms with Gasteiger partial charge in [0.2, 0.25) is 0 Å². The number of furan rings is 1. The van der Waals surface area contributed by atoms with Gasteiger partial charge in [0.1, 0.15) is 0 Å². The summed E-state index contributed by atoms with van der Waals surface area (Å²) in [5, 5.41) is 11.6. The Bertz CT molecular complexity index is 903. The monoisotopic (exact) mass is 410 g/mol. The minimum atomic E-state index is -0.262. The number of benzene rings is 1. The van der Waals surface area contributed by atoms with E-state index < -0.39 is 0 Å². The summed E-state index contributed by atoms with van der Waals surface area (Å²) in [6.07, 6.45) is 2.54. The van der Waals surface area contributed by atoms with Gasteiger partial charge >= 0.3 is 0 Å². The van der Waals surface area contributed by atoms with E-state index in [2.05, 4.69) is 45.4 Å². The average Bonchev–Trinajstić information content (AvgIpc) is 3.43. The third-order valence-corrected chi connectivity index (χ3v) is 5.29. The summed E-state index contributed by atoms with van der Waals surface area (Å²) >= 11 is 1.80. The minimum absolute atomic E-state index is 0.262. The molecule has 0 aliphatic rings. The molecule has 29 heavy (non-hydrogen) atoms. The van der Waals surface area contributed by atoms with Gasteiger partial charge in [-0.3, -0.25) is 9.79 Å². The van der Waals surface area contributed by atoms with Gasteiger partial charge in [-0.05, 0) is 53.6 Å². The number of carbonyl (C=O) groups is 1. The molecule has 3 aromatic rings. The maximum Gasteiger partial charge on any atom is 0.291 e. The zero-order chi connectivity index (χ0) is 20.5. The van der Waals surface area contributed by atoms with Crippen LogP contribution in [0.2, 0.25) is 0 Å². The van der Waals surface area contributed by atoms with E-state index >= 15 is 0 Å². The highest BCUT2D eigenvalue weighted by Crippen LogP contribution is 2.14. The highest BCUT2D eigenvalue weighted by molar-refractivity contribution is 7.09. The van der Waals surface area contributed by atoms with Crippen LogP contribution in [-0.2, 0) is 13.0 Å². The van der Waals surface area contributed by atoms with Crippen molar-refractivity contribution in [2.24, 2.45) is 10.9 Å². The van der Waals surface area contributed by atoms with Crippen LogP contribution in [0.25, 0.3) is 0 Å². The predicted octanol–water partition coefficient (Wildman–Crippen LogP) is 4.14. The highest BCUT2D eigenvalue weighted by atomic mass is 32.1. The lowest BCUT2D eigenvalue weighted by Gasteiger charge is -2.16. The van der Waals surface area contributed by atoms with Crippen molar-refractivity contribution >= 4 is 28.9 Å². The van der Waals surface area contributed by atoms with Gasteiger partial charge in [0.05, 0.1) is 6.26 Å². The highest BCUT2D eigenvalue weighted by Gasteiger charge is 2.09. The Balaban J connectivity index is 1.42. The molecule has 0 saturated heterocycles. The Morgan fingerprint density at radius 2 is 1.97 bits per heavy atom. The second-order valence-corrected chi connectivity index (χ2v) is 7.86. The van der Waals surface area contributed by atoms with Gasteiger partial charge in [-0.25, -0.2) is 0 Å². The molecule has 1 atom stereocenters. The first-order valence-corrected chi connectivity index (χ1v) is 10.4. The second kappa shape index (κ2) is 10.5. The van der Waals surface area contributed by atoms with Crippen LogP contribution in [0.4, 0.5) is 5.69 Å². The molecule has 1 amide bonds. The Morgan fingerprint density at radius 1 is 1.14 bits per heavy atom. The average molecular weight is 411 g/mol. The van der Waals surface area contributed by atoms with Crippen molar-refractivity contribution in [2.45, 2.75) is 19.9 Å². The number of guanidine groups is 1. The number of hydrogen-bond acceptors (Lipinski definition) is 4. The standard InChI is InChI=1S/C22H26N4O2S/c1-16(13-19-5-4-12-29-19)14-24-22(23-2)25-15-17-7-9-18(10-8-17)26-21(27)20-6-3-11-28-20/h3-12,16H,13-15H2,1-2H3,(H,26,27)(H2,23,24,25). The molecule has 6 nitrogen and oxygen atoms in total. The number of aliphatic imine (C=N–C) groups is 1. The molecule has 0 radical (unpaired) electrons. The molecule has 0 saturated carbocycles. The van der Waals surface area contributed by atoms with E-state index in [1.165, 1.54) is 11.1 Å². The van der Waals surface area contributed by atoms with Gasteiger partial charge in [0.15, 0.2) is 11.7 Å². The van der Waals surface area contributed by atoms with Crippen LogP contribution in [0, 0.1) is 5.92 Å². The molecule has 0 aliphatic heterocycles. The van der Waals surface area contributed by atoms with E-state index in [0.717, 1.165) is 30.2 Å². The molecular weight excluding hydrogens is 384 g/mol. The Kier molecular flexibility index (Phi) is 7.47. The van der Waals surface area contributed by atoms with Gasteiger partial charge < -0.3 is 20.4 Å². The zero-order valence-electron chi connectivity index (χ0n) is 16.6. The number of anilines is 1. The van der Waals surface area contributed by atoms with Gasteiger partial charge in [-0.15, -0.1) is 11.3 Å². The summed E-state index contributed by atoms with van der Waals surface area (Å²) in [5.41, 5.74) is 1.82. The SMILES string of the molecule is CN=C(NCc1ccc(NC(=O)c2ccco2)cc1)NCC(C)Cc1cccs1. The van der Waals surface area contributed by atoms with E-state index in [0.29, 0.717) is 18.2 Å². The first kappa shape index (κ1) is 20.7. The number of hydrogen-bond donors (Lipinski definition) is 3. The molecule has 2 heterocycles. The number of rotatable bonds is 8. The van der Waals surface area contributed by atoms with Crippen molar-refractivity contribution in [1.29, 1.82) is 0 Å². The minimum Gasteiger partial charge on any atom is -0.459 e. The first-order valence-electron chi connectivity index (χ1n) is 9.54. The molecule has 152 valence electrons. The molecular formula is C22H26N4O2S. The Hall–Kier alpha value is -3.06. The van der Waals surface area contributed by atoms with E-state index in [4.69, 9.17) is 4.42 Å². The van der Waals surface area contributed by atoms with Crippen LogP contribution in [0.15, 0.2) is 69.6 Å². The summed E-state index contributed by atoms with van der Waals surface area (Å²) in [5.74, 6) is 1.32. The van der Waals surface area contributed by atoms with Crippen LogP contribution in [0.1, 0.15) is 27.9 Å². The molecule has 0 fully saturated rings. The van der Waals surface area contributed by atoms with Gasteiger partial charge in [-0.1, -0.05) is 25.1 Å². The van der Waals surface area contributed by atoms with Crippen LogP contribution in [0.3, 0.4) is 0 Å². The second-order valence-electron chi connectivity index (χ2n) is 6.82. The molecule has 2 aromatic heterocycles. The molecule has 0 bridgehead atoms. The molecule has 7 heteroatoms. The van der Waals surface area contributed by atoms with E-state index in [-0.39, 0.29) is 5.91 Å². The van der Waals surface area contributed by atoms with Crippen LogP contribution >= 0.6 is 11.3 Å². The van der Waals surface area contributed by atoms with Crippen LogP contribution in [-0.4, -0.2) is 25.5 Å². The molecule has 0 spiro atoms. The molecule has 3 rings (SSSR count). The van der Waals surface area contributed by atoms with Crippen LogP contribution in [0.5, 0.6) is 0 Å². The van der Waals surface area contributed by atoms with Crippen molar-refractivity contribution in [2.75, 3.05) is 18.9 Å². The fourth-order valence-corrected chi connectivity index (χ4v) is 3.70. The first-order chi connectivity index (χ1) is 14.1. The zero-order valence-corrected chi connectivity index (χ0v) is 17.5. The van der Waals surface area contributed by atoms with Crippen molar-refractivity contribution in [3.8, 4) is 0 Å². The summed E-state index contributed by atoms with van der Waals surface area (Å²) in [4.78, 5) is 17.7. The maximum atomic E-state index is 12.0. The summed E-state index contributed by atoms with van der Waals surface area (Å²) in [6, 6.07) is 15.3. The van der Waals surface area contributed by atoms with E-state index in [1.54, 1.807) is 30.5 Å². The van der Waals surface area contributed by atoms with Crippen molar-refractivity contribution in [3.05, 3.63) is 76.4 Å². The van der Waals surface area contributed by atoms with E-state index in [9.17, 15) is 4.79 Å². The molecule has 1 aromatic carbocycles. The lowest BCUT2D eigenvalue weighted by atomic mass is 10.1. The van der Waals surface area contributed by atoms with E-state index in [1.807, 2.05) is 24.3 Å². The number of carbonyl (C=O) groups excluding carboxylic acids is 1. The van der Waals surface area contributed by atoms with Crippen molar-refractivity contribution in [3.63, 3.8) is 0 Å². The summed E-state index contributed by atoms with van der Waals surface area (Å²) in [7, 11) is 1.77. The van der Waals surface area contributed by atoms with Crippen molar-refractivity contribution < 1.29 is 9.21 Å². The molecule has 1 unspecified atom stereocenters. The number of amides is 1. The third kappa shape index (κ3) is 6.50. The maximum absolute atomic E-state index is 12.0. The fourth-order valence-electron chi connectivity index (χ4n) is 2.83. The lowest BCUT2D eigenvalue weighted by molar-refractivity contribution is 0.0996. The predicted molar refractivity (Wildman–Crippen MR) is 118 cm³/mol. The smallest absolute Gasteiger partial charge is 0.291 e. The topological polar surface area (TPSA) is 78.7 Å². The fraction of sp³-hybridized carbons (Fsp3) is 0.273. The van der Waals surface area contributed by atoms with Crippen LogP contribution < -0.4 is 16.0 Å².